The largest absolute Gasteiger partial charge is 0.374 e. The maximum atomic E-state index is 6.11. The summed E-state index contributed by atoms with van der Waals surface area (Å²) in [4.78, 5) is 2.35. The highest BCUT2D eigenvalue weighted by atomic mass is 35.5. The van der Waals surface area contributed by atoms with Gasteiger partial charge in [0.1, 0.15) is 0 Å². The fraction of sp³-hybridized carbons (Fsp3) is 0.600. The molecule has 1 heterocycles. The number of hydrogen-bond acceptors (Lipinski definition) is 3. The van der Waals surface area contributed by atoms with Crippen LogP contribution in [-0.4, -0.2) is 43.8 Å². The first-order chi connectivity index (χ1) is 9.08. The number of hydrogen-bond donors (Lipinski definition) is 1. The molecule has 0 aliphatic carbocycles. The molecule has 0 bridgehead atoms. The molecule has 1 aromatic rings. The fourth-order valence-electron chi connectivity index (χ4n) is 2.54. The van der Waals surface area contributed by atoms with Gasteiger partial charge in [0.05, 0.1) is 18.8 Å². The second-order valence-electron chi connectivity index (χ2n) is 5.45. The molecule has 1 aliphatic rings. The second kappa shape index (κ2) is 6.71. The molecule has 4 heteroatoms. The van der Waals surface area contributed by atoms with Crippen molar-refractivity contribution in [2.75, 3.05) is 26.7 Å². The van der Waals surface area contributed by atoms with Gasteiger partial charge in [-0.2, -0.15) is 0 Å². The molecule has 3 nitrogen and oxygen atoms in total. The lowest BCUT2D eigenvalue weighted by atomic mass is 9.98. The molecule has 0 amide bonds. The van der Waals surface area contributed by atoms with Gasteiger partial charge in [-0.1, -0.05) is 37.6 Å². The number of ether oxygens (including phenoxy) is 1. The molecule has 0 saturated carbocycles. The summed E-state index contributed by atoms with van der Waals surface area (Å²) in [6.45, 7) is 6.91. The number of likely N-dealkylation sites (N-methyl/N-ethyl adjacent to an activating group) is 1. The molecule has 2 atom stereocenters. The molecular formula is C15H23ClN2O. The normalized spacial score (nSPS) is 24.9. The van der Waals surface area contributed by atoms with Crippen molar-refractivity contribution >= 4 is 11.6 Å². The lowest BCUT2D eigenvalue weighted by molar-refractivity contribution is -0.0620. The van der Waals surface area contributed by atoms with Crippen molar-refractivity contribution in [3.63, 3.8) is 0 Å². The van der Waals surface area contributed by atoms with E-state index in [4.69, 9.17) is 16.3 Å². The third kappa shape index (κ3) is 3.93. The lowest BCUT2D eigenvalue weighted by Crippen LogP contribution is -2.48. The fourth-order valence-corrected chi connectivity index (χ4v) is 2.74. The quantitative estimate of drug-likeness (QED) is 0.919. The highest BCUT2D eigenvalue weighted by Crippen LogP contribution is 2.29. The second-order valence-corrected chi connectivity index (χ2v) is 5.89. The molecule has 0 spiro atoms. The molecule has 1 fully saturated rings. The minimum absolute atomic E-state index is 0.166. The smallest absolute Gasteiger partial charge is 0.0896 e. The maximum Gasteiger partial charge on any atom is 0.0896 e. The van der Waals surface area contributed by atoms with Crippen LogP contribution in [0.4, 0.5) is 0 Å². The van der Waals surface area contributed by atoms with E-state index in [1.54, 1.807) is 0 Å². The Balaban J connectivity index is 2.16. The van der Waals surface area contributed by atoms with E-state index < -0.39 is 0 Å². The van der Waals surface area contributed by atoms with Crippen LogP contribution in [0.25, 0.3) is 0 Å². The predicted octanol–water partition coefficient (Wildman–Crippen LogP) is 2.71. The van der Waals surface area contributed by atoms with Crippen LogP contribution in [0.2, 0.25) is 5.02 Å². The number of rotatable bonds is 4. The van der Waals surface area contributed by atoms with Gasteiger partial charge in [0.2, 0.25) is 0 Å². The van der Waals surface area contributed by atoms with Crippen molar-refractivity contribution in [1.29, 1.82) is 0 Å². The molecule has 0 radical (unpaired) electrons. The standard InChI is InChI=1S/C15H23ClN2O/c1-11(2)17-10-14-15(18(3)7-8-19-14)12-5-4-6-13(16)9-12/h4-6,9,11,14-15,17H,7-8,10H2,1-3H3. The SMILES string of the molecule is CC(C)NCC1OCCN(C)C1c1cccc(Cl)c1. The molecule has 0 aromatic heterocycles. The number of morpholine rings is 1. The van der Waals surface area contributed by atoms with Crippen LogP contribution >= 0.6 is 11.6 Å². The van der Waals surface area contributed by atoms with Crippen molar-refractivity contribution in [1.82, 2.24) is 10.2 Å². The van der Waals surface area contributed by atoms with Crippen LogP contribution in [0.15, 0.2) is 24.3 Å². The van der Waals surface area contributed by atoms with E-state index in [2.05, 4.69) is 37.2 Å². The van der Waals surface area contributed by atoms with E-state index in [0.29, 0.717) is 6.04 Å². The molecular weight excluding hydrogens is 260 g/mol. The summed E-state index contributed by atoms with van der Waals surface area (Å²) < 4.78 is 5.96. The van der Waals surface area contributed by atoms with Crippen LogP contribution in [-0.2, 0) is 4.74 Å². The predicted molar refractivity (Wildman–Crippen MR) is 79.7 cm³/mol. The first-order valence-corrected chi connectivity index (χ1v) is 7.26. The van der Waals surface area contributed by atoms with Crippen LogP contribution in [0.1, 0.15) is 25.5 Å². The molecule has 2 unspecified atom stereocenters. The van der Waals surface area contributed by atoms with Gasteiger partial charge in [0, 0.05) is 24.2 Å². The Bertz CT molecular complexity index is 411. The summed E-state index contributed by atoms with van der Waals surface area (Å²) in [5, 5.41) is 4.25. The summed E-state index contributed by atoms with van der Waals surface area (Å²) in [6.07, 6.45) is 0.166. The number of nitrogens with one attached hydrogen (secondary N) is 1. The number of nitrogens with zero attached hydrogens (tertiary/aromatic N) is 1. The van der Waals surface area contributed by atoms with Gasteiger partial charge in [-0.05, 0) is 24.7 Å². The van der Waals surface area contributed by atoms with Crippen LogP contribution in [0.3, 0.4) is 0 Å². The molecule has 1 aromatic carbocycles. The first-order valence-electron chi connectivity index (χ1n) is 6.88. The zero-order valence-electron chi connectivity index (χ0n) is 11.9. The monoisotopic (exact) mass is 282 g/mol. The van der Waals surface area contributed by atoms with E-state index in [-0.39, 0.29) is 12.1 Å². The highest BCUT2D eigenvalue weighted by Gasteiger charge is 2.31. The van der Waals surface area contributed by atoms with Crippen LogP contribution in [0, 0.1) is 0 Å². The summed E-state index contributed by atoms with van der Waals surface area (Å²) in [6, 6.07) is 8.82. The Morgan fingerprint density at radius 1 is 1.47 bits per heavy atom. The highest BCUT2D eigenvalue weighted by molar-refractivity contribution is 6.30. The topological polar surface area (TPSA) is 24.5 Å². The van der Waals surface area contributed by atoms with E-state index >= 15 is 0 Å². The third-order valence-corrected chi connectivity index (χ3v) is 3.76. The zero-order valence-corrected chi connectivity index (χ0v) is 12.7. The summed E-state index contributed by atoms with van der Waals surface area (Å²) in [7, 11) is 2.15. The van der Waals surface area contributed by atoms with Gasteiger partial charge < -0.3 is 10.1 Å². The van der Waals surface area contributed by atoms with Crippen molar-refractivity contribution in [3.05, 3.63) is 34.9 Å². The molecule has 2 rings (SSSR count). The number of halogens is 1. The van der Waals surface area contributed by atoms with E-state index in [9.17, 15) is 0 Å². The first kappa shape index (κ1) is 14.8. The van der Waals surface area contributed by atoms with Gasteiger partial charge in [0.25, 0.3) is 0 Å². The average Bonchev–Trinajstić information content (AvgIpc) is 2.36. The summed E-state index contributed by atoms with van der Waals surface area (Å²) >= 11 is 6.11. The van der Waals surface area contributed by atoms with Gasteiger partial charge in [-0.3, -0.25) is 4.90 Å². The minimum atomic E-state index is 0.166. The van der Waals surface area contributed by atoms with E-state index in [1.807, 2.05) is 18.2 Å². The van der Waals surface area contributed by atoms with Gasteiger partial charge in [-0.15, -0.1) is 0 Å². The Kier molecular flexibility index (Phi) is 5.22. The van der Waals surface area contributed by atoms with Crippen molar-refractivity contribution < 1.29 is 4.74 Å². The molecule has 106 valence electrons. The van der Waals surface area contributed by atoms with Gasteiger partial charge >= 0.3 is 0 Å². The molecule has 1 N–H and O–H groups in total. The molecule has 1 aliphatic heterocycles. The minimum Gasteiger partial charge on any atom is -0.374 e. The Morgan fingerprint density at radius 3 is 2.95 bits per heavy atom. The Morgan fingerprint density at radius 2 is 2.26 bits per heavy atom. The maximum absolute atomic E-state index is 6.11. The molecule has 1 saturated heterocycles. The van der Waals surface area contributed by atoms with E-state index in [0.717, 1.165) is 24.7 Å². The van der Waals surface area contributed by atoms with Crippen LogP contribution in [0.5, 0.6) is 0 Å². The Labute approximate surface area is 120 Å². The summed E-state index contributed by atoms with van der Waals surface area (Å²) in [5.41, 5.74) is 1.23. The third-order valence-electron chi connectivity index (χ3n) is 3.52. The average molecular weight is 283 g/mol. The zero-order chi connectivity index (χ0) is 13.8. The van der Waals surface area contributed by atoms with Gasteiger partial charge in [0.15, 0.2) is 0 Å². The lowest BCUT2D eigenvalue weighted by Gasteiger charge is -2.40. The Hall–Kier alpha value is -0.610. The van der Waals surface area contributed by atoms with Gasteiger partial charge in [-0.25, -0.2) is 0 Å². The van der Waals surface area contributed by atoms with Crippen molar-refractivity contribution in [3.8, 4) is 0 Å². The van der Waals surface area contributed by atoms with Crippen molar-refractivity contribution in [2.45, 2.75) is 32.0 Å². The van der Waals surface area contributed by atoms with Crippen LogP contribution < -0.4 is 5.32 Å². The molecule has 19 heavy (non-hydrogen) atoms. The van der Waals surface area contributed by atoms with Crippen molar-refractivity contribution in [2.24, 2.45) is 0 Å². The number of benzene rings is 1. The summed E-state index contributed by atoms with van der Waals surface area (Å²) in [5.74, 6) is 0. The van der Waals surface area contributed by atoms with E-state index in [1.165, 1.54) is 5.56 Å².